The summed E-state index contributed by atoms with van der Waals surface area (Å²) >= 11 is 0. The van der Waals surface area contributed by atoms with Crippen LogP contribution < -0.4 is 10.2 Å². The maximum Gasteiger partial charge on any atom is 0.268 e. The molecule has 63 heavy (non-hydrogen) atoms. The van der Waals surface area contributed by atoms with E-state index in [0.29, 0.717) is 23.9 Å². The van der Waals surface area contributed by atoms with Gasteiger partial charge in [0.15, 0.2) is 0 Å². The topological polar surface area (TPSA) is 108 Å². The number of likely N-dealkylation sites (N-methyl/N-ethyl adjacent to an activating group) is 1. The van der Waals surface area contributed by atoms with Crippen molar-refractivity contribution >= 4 is 13.7 Å². The lowest BCUT2D eigenvalue weighted by Crippen LogP contribution is -2.46. The standard InChI is InChI=1S/C54H93N2O6P/c1-6-8-10-12-13-14-15-16-17-18-19-20-21-22-23-24-25-26-27-28-29-30-31-32-33-34-35-36-37-38-39-40-41-42-43-44-46-48-54(58)55-52(53(57)47-45-11-9-7-2)51-62-63(59,60)61-50-49-56(3,4)5/h8,10,13-14,16-17,19-20,22-23,25-26,28-29,31-32,34-35,52-53,57H,6-7,9,11-12,15,18,21,24,27,30,33,36-51H2,1-5H3,(H-,55,58,59,60)/b10-8-,14-13-,17-16-,20-19-,23-22-,26-25-,29-28-,32-31-,35-34-. The zero-order valence-corrected chi connectivity index (χ0v) is 41.6. The molecule has 3 unspecified atom stereocenters. The normalized spacial score (nSPS) is 15.1. The summed E-state index contributed by atoms with van der Waals surface area (Å²) in [6, 6.07) is -0.806. The zero-order chi connectivity index (χ0) is 46.4. The first-order chi connectivity index (χ1) is 30.5. The summed E-state index contributed by atoms with van der Waals surface area (Å²) < 4.78 is 23.0. The number of allylic oxidation sites excluding steroid dienone is 18. The molecule has 0 radical (unpaired) electrons. The Bertz CT molecular complexity index is 1390. The largest absolute Gasteiger partial charge is 0.756 e. The Morgan fingerprint density at radius 2 is 0.968 bits per heavy atom. The second-order valence-corrected chi connectivity index (χ2v) is 18.8. The monoisotopic (exact) mass is 897 g/mol. The zero-order valence-electron chi connectivity index (χ0n) is 40.7. The van der Waals surface area contributed by atoms with Crippen molar-refractivity contribution in [3.05, 3.63) is 109 Å². The van der Waals surface area contributed by atoms with Crippen LogP contribution in [0.5, 0.6) is 0 Å². The Morgan fingerprint density at radius 1 is 0.571 bits per heavy atom. The summed E-state index contributed by atoms with van der Waals surface area (Å²) in [5.41, 5.74) is 0. The molecule has 0 rings (SSSR count). The number of rotatable bonds is 43. The van der Waals surface area contributed by atoms with Crippen molar-refractivity contribution in [2.75, 3.05) is 40.9 Å². The summed E-state index contributed by atoms with van der Waals surface area (Å²) in [7, 11) is 1.28. The molecule has 2 N–H and O–H groups in total. The van der Waals surface area contributed by atoms with E-state index in [1.165, 1.54) is 38.5 Å². The van der Waals surface area contributed by atoms with Gasteiger partial charge in [-0.3, -0.25) is 9.36 Å². The molecular weight excluding hydrogens is 804 g/mol. The lowest BCUT2D eigenvalue weighted by Gasteiger charge is -2.30. The van der Waals surface area contributed by atoms with Gasteiger partial charge in [-0.2, -0.15) is 0 Å². The summed E-state index contributed by atoms with van der Waals surface area (Å²) in [5.74, 6) is -0.187. The van der Waals surface area contributed by atoms with Crippen molar-refractivity contribution in [3.63, 3.8) is 0 Å². The Hall–Kier alpha value is -2.84. The van der Waals surface area contributed by atoms with Gasteiger partial charge in [-0.15, -0.1) is 0 Å². The number of carbonyl (C=O) groups excluding carboxylic acids is 1. The number of aliphatic hydroxyl groups is 1. The highest BCUT2D eigenvalue weighted by Crippen LogP contribution is 2.38. The molecular formula is C54H93N2O6P. The molecule has 0 aliphatic heterocycles. The number of hydrogen-bond donors (Lipinski definition) is 2. The third-order valence-corrected chi connectivity index (χ3v) is 11.2. The van der Waals surface area contributed by atoms with Crippen LogP contribution in [0.2, 0.25) is 0 Å². The highest BCUT2D eigenvalue weighted by molar-refractivity contribution is 7.45. The van der Waals surface area contributed by atoms with Gasteiger partial charge in [0, 0.05) is 6.42 Å². The van der Waals surface area contributed by atoms with Crippen molar-refractivity contribution in [2.45, 2.75) is 187 Å². The lowest BCUT2D eigenvalue weighted by atomic mass is 10.0. The lowest BCUT2D eigenvalue weighted by molar-refractivity contribution is -0.870. The minimum absolute atomic E-state index is 0.00426. The first kappa shape index (κ1) is 60.2. The van der Waals surface area contributed by atoms with Crippen molar-refractivity contribution in [1.82, 2.24) is 5.32 Å². The average molecular weight is 897 g/mol. The van der Waals surface area contributed by atoms with Gasteiger partial charge in [0.05, 0.1) is 39.9 Å². The molecule has 0 aromatic rings. The third kappa shape index (κ3) is 47.0. The van der Waals surface area contributed by atoms with Crippen LogP contribution in [0.4, 0.5) is 0 Å². The minimum Gasteiger partial charge on any atom is -0.756 e. The fourth-order valence-corrected chi connectivity index (χ4v) is 7.11. The van der Waals surface area contributed by atoms with Crippen LogP contribution in [0.3, 0.4) is 0 Å². The summed E-state index contributed by atoms with van der Waals surface area (Å²) in [6.45, 7) is 4.44. The predicted octanol–water partition coefficient (Wildman–Crippen LogP) is 13.8. The number of aliphatic hydroxyl groups excluding tert-OH is 1. The minimum atomic E-state index is -4.55. The molecule has 0 aliphatic rings. The average Bonchev–Trinajstić information content (AvgIpc) is 3.24. The van der Waals surface area contributed by atoms with E-state index in [-0.39, 0.29) is 19.1 Å². The Kier molecular flexibility index (Phi) is 42.4. The van der Waals surface area contributed by atoms with Gasteiger partial charge in [0.1, 0.15) is 13.2 Å². The van der Waals surface area contributed by atoms with Gasteiger partial charge in [-0.25, -0.2) is 0 Å². The molecule has 0 aromatic heterocycles. The van der Waals surface area contributed by atoms with Crippen molar-refractivity contribution in [1.29, 1.82) is 0 Å². The van der Waals surface area contributed by atoms with E-state index >= 15 is 0 Å². The number of nitrogens with zero attached hydrogens (tertiary/aromatic N) is 1. The first-order valence-corrected chi connectivity index (χ1v) is 26.2. The maximum absolute atomic E-state index is 12.8. The van der Waals surface area contributed by atoms with E-state index in [4.69, 9.17) is 9.05 Å². The molecule has 0 spiro atoms. The number of unbranched alkanes of at least 4 members (excludes halogenated alkanes) is 12. The molecule has 0 heterocycles. The highest BCUT2D eigenvalue weighted by atomic mass is 31.2. The number of carbonyl (C=O) groups is 1. The smallest absolute Gasteiger partial charge is 0.268 e. The van der Waals surface area contributed by atoms with Crippen LogP contribution in [-0.2, 0) is 18.4 Å². The Morgan fingerprint density at radius 3 is 1.40 bits per heavy atom. The van der Waals surface area contributed by atoms with Crippen molar-refractivity contribution < 1.29 is 32.9 Å². The third-order valence-electron chi connectivity index (χ3n) is 10.3. The van der Waals surface area contributed by atoms with E-state index in [1.807, 2.05) is 21.1 Å². The molecule has 1 amide bonds. The summed E-state index contributed by atoms with van der Waals surface area (Å²) in [4.78, 5) is 25.1. The highest BCUT2D eigenvalue weighted by Gasteiger charge is 2.24. The number of hydrogen-bond acceptors (Lipinski definition) is 6. The van der Waals surface area contributed by atoms with Gasteiger partial charge in [-0.1, -0.05) is 194 Å². The molecule has 0 bridgehead atoms. The van der Waals surface area contributed by atoms with Crippen molar-refractivity contribution in [3.8, 4) is 0 Å². The number of phosphoric ester groups is 1. The molecule has 360 valence electrons. The molecule has 0 aromatic carbocycles. The second kappa shape index (κ2) is 44.4. The maximum atomic E-state index is 12.8. The molecule has 3 atom stereocenters. The van der Waals surface area contributed by atoms with Crippen LogP contribution in [0, 0.1) is 0 Å². The summed E-state index contributed by atoms with van der Waals surface area (Å²) in [6.07, 6.45) is 64.7. The molecule has 0 saturated carbocycles. The van der Waals surface area contributed by atoms with Crippen LogP contribution in [0.25, 0.3) is 0 Å². The number of nitrogens with one attached hydrogen (secondary N) is 1. The number of amides is 1. The predicted molar refractivity (Wildman–Crippen MR) is 269 cm³/mol. The Labute approximate surface area is 387 Å². The van der Waals surface area contributed by atoms with Gasteiger partial charge in [0.25, 0.3) is 7.82 Å². The quantitative estimate of drug-likeness (QED) is 0.0273. The van der Waals surface area contributed by atoms with Crippen LogP contribution in [-0.4, -0.2) is 68.5 Å². The van der Waals surface area contributed by atoms with Gasteiger partial charge in [-0.05, 0) is 83.5 Å². The molecule has 9 heteroatoms. The fraction of sp³-hybridized carbons (Fsp3) is 0.648. The summed E-state index contributed by atoms with van der Waals surface area (Å²) in [5, 5.41) is 13.6. The van der Waals surface area contributed by atoms with Gasteiger partial charge in [0.2, 0.25) is 5.91 Å². The first-order valence-electron chi connectivity index (χ1n) is 24.7. The van der Waals surface area contributed by atoms with E-state index in [1.54, 1.807) is 0 Å². The van der Waals surface area contributed by atoms with Crippen LogP contribution >= 0.6 is 7.82 Å². The molecule has 0 aliphatic carbocycles. The second-order valence-electron chi connectivity index (χ2n) is 17.4. The van der Waals surface area contributed by atoms with E-state index in [9.17, 15) is 19.4 Å². The van der Waals surface area contributed by atoms with Gasteiger partial charge < -0.3 is 28.8 Å². The fourth-order valence-electron chi connectivity index (χ4n) is 6.38. The molecule has 0 fully saturated rings. The number of phosphoric acid groups is 1. The van der Waals surface area contributed by atoms with E-state index in [2.05, 4.69) is 129 Å². The number of quaternary nitrogens is 1. The SMILES string of the molecule is CC/C=C\C/C=C\C/C=C\C/C=C\C/C=C\C/C=C\C/C=C\C/C=C\C/C=C\CCCCCCCCCCCC(=O)NC(COP(=O)([O-])OCC[N+](C)(C)C)C(O)CCCCCC. The van der Waals surface area contributed by atoms with E-state index < -0.39 is 20.0 Å². The Balaban J connectivity index is 3.92. The van der Waals surface area contributed by atoms with Crippen LogP contribution in [0.1, 0.15) is 174 Å². The molecule has 0 saturated heterocycles. The molecule has 8 nitrogen and oxygen atoms in total. The van der Waals surface area contributed by atoms with E-state index in [0.717, 1.165) is 109 Å². The van der Waals surface area contributed by atoms with Crippen LogP contribution in [0.15, 0.2) is 109 Å². The van der Waals surface area contributed by atoms with Crippen molar-refractivity contribution in [2.24, 2.45) is 0 Å². The van der Waals surface area contributed by atoms with Gasteiger partial charge >= 0.3 is 0 Å².